The Labute approximate surface area is 247 Å². The molecule has 0 bridgehead atoms. The molecular weight excluding hydrogens is 560 g/mol. The van der Waals surface area contributed by atoms with Crippen LogP contribution in [0.3, 0.4) is 0 Å². The molecule has 9 nitrogen and oxygen atoms in total. The molecule has 1 N–H and O–H groups in total. The minimum Gasteiger partial charge on any atom is -0.486 e. The van der Waals surface area contributed by atoms with Crippen molar-refractivity contribution in [1.82, 2.24) is 24.8 Å². The predicted octanol–water partition coefficient (Wildman–Crippen LogP) is 5.14. The number of hydrogen-bond donors (Lipinski definition) is 1. The van der Waals surface area contributed by atoms with Crippen LogP contribution in [0.2, 0.25) is 5.02 Å². The number of aromatic nitrogens is 3. The van der Waals surface area contributed by atoms with Gasteiger partial charge in [0.15, 0.2) is 0 Å². The summed E-state index contributed by atoms with van der Waals surface area (Å²) in [5, 5.41) is 4.92. The standard InChI is InChI=1S/C30H31ClN6O3S/c1-20-4-2-5-22(34-20)18-40-25-8-7-21(16-24(25)31)35-29-28-23-9-11-37(17-26(23)41-30(28)33-19-32-29)27(38)6-3-10-36-12-14-39-15-13-36/h2-8,16,19H,9-15,17-18H2,1H3,(H,32,33,35)/b6-3+. The van der Waals surface area contributed by atoms with E-state index in [4.69, 9.17) is 21.1 Å². The minimum atomic E-state index is 0.0425. The van der Waals surface area contributed by atoms with Gasteiger partial charge in [-0.3, -0.25) is 14.7 Å². The van der Waals surface area contributed by atoms with E-state index in [-0.39, 0.29) is 5.91 Å². The van der Waals surface area contributed by atoms with Crippen LogP contribution in [0.25, 0.3) is 10.2 Å². The molecule has 2 aliphatic rings. The van der Waals surface area contributed by atoms with Gasteiger partial charge in [0.2, 0.25) is 5.91 Å². The van der Waals surface area contributed by atoms with Crippen LogP contribution in [0, 0.1) is 6.92 Å². The van der Waals surface area contributed by atoms with Gasteiger partial charge in [-0.05, 0) is 49.2 Å². The predicted molar refractivity (Wildman–Crippen MR) is 161 cm³/mol. The lowest BCUT2D eigenvalue weighted by molar-refractivity contribution is -0.126. The Bertz CT molecular complexity index is 1590. The third-order valence-corrected chi connectivity index (χ3v) is 8.61. The van der Waals surface area contributed by atoms with Gasteiger partial charge in [0, 0.05) is 48.5 Å². The van der Waals surface area contributed by atoms with Crippen LogP contribution in [-0.4, -0.2) is 70.1 Å². The molecule has 5 heterocycles. The number of amides is 1. The Balaban J connectivity index is 1.13. The lowest BCUT2D eigenvalue weighted by Crippen LogP contribution is -2.37. The molecule has 3 aromatic heterocycles. The Morgan fingerprint density at radius 3 is 2.90 bits per heavy atom. The molecular formula is C30H31ClN6O3S. The second-order valence-corrected chi connectivity index (χ2v) is 11.6. The fourth-order valence-corrected chi connectivity index (χ4v) is 6.50. The van der Waals surface area contributed by atoms with Crippen LogP contribution in [0.15, 0.2) is 54.9 Å². The number of benzene rings is 1. The van der Waals surface area contributed by atoms with Gasteiger partial charge < -0.3 is 19.7 Å². The number of anilines is 2. The highest BCUT2D eigenvalue weighted by Gasteiger charge is 2.25. The molecule has 1 fully saturated rings. The molecule has 0 spiro atoms. The van der Waals surface area contributed by atoms with Crippen molar-refractivity contribution in [1.29, 1.82) is 0 Å². The summed E-state index contributed by atoms with van der Waals surface area (Å²) in [5.74, 6) is 1.36. The number of carbonyl (C=O) groups excluding carboxylic acids is 1. The number of nitrogens with one attached hydrogen (secondary N) is 1. The molecule has 1 amide bonds. The van der Waals surface area contributed by atoms with E-state index in [0.717, 1.165) is 77.3 Å². The van der Waals surface area contributed by atoms with Crippen LogP contribution >= 0.6 is 22.9 Å². The molecule has 4 aromatic rings. The summed E-state index contributed by atoms with van der Waals surface area (Å²) in [6.45, 7) is 7.59. The summed E-state index contributed by atoms with van der Waals surface area (Å²) < 4.78 is 11.3. The first kappa shape index (κ1) is 27.6. The Morgan fingerprint density at radius 2 is 2.07 bits per heavy atom. The van der Waals surface area contributed by atoms with E-state index in [9.17, 15) is 4.79 Å². The van der Waals surface area contributed by atoms with Crippen LogP contribution in [0.1, 0.15) is 21.8 Å². The first-order chi connectivity index (χ1) is 20.0. The van der Waals surface area contributed by atoms with E-state index >= 15 is 0 Å². The van der Waals surface area contributed by atoms with Crippen molar-refractivity contribution in [2.45, 2.75) is 26.5 Å². The second kappa shape index (κ2) is 12.5. The molecule has 0 saturated carbocycles. The highest BCUT2D eigenvalue weighted by atomic mass is 35.5. The smallest absolute Gasteiger partial charge is 0.246 e. The average molecular weight is 591 g/mol. The topological polar surface area (TPSA) is 92.7 Å². The zero-order valence-corrected chi connectivity index (χ0v) is 24.4. The van der Waals surface area contributed by atoms with Gasteiger partial charge in [-0.15, -0.1) is 11.3 Å². The number of rotatable bonds is 8. The molecule has 41 heavy (non-hydrogen) atoms. The summed E-state index contributed by atoms with van der Waals surface area (Å²) in [7, 11) is 0. The van der Waals surface area contributed by atoms with Gasteiger partial charge >= 0.3 is 0 Å². The third-order valence-electron chi connectivity index (χ3n) is 7.19. The number of aryl methyl sites for hydroxylation is 1. The SMILES string of the molecule is Cc1cccc(COc2ccc(Nc3ncnc4sc5c(c34)CCN(C(=O)/C=C/CN3CCOCC3)C5)cc2Cl)n1. The van der Waals surface area contributed by atoms with E-state index in [2.05, 4.69) is 25.2 Å². The van der Waals surface area contributed by atoms with E-state index < -0.39 is 0 Å². The second-order valence-electron chi connectivity index (χ2n) is 10.1. The van der Waals surface area contributed by atoms with Crippen molar-refractivity contribution in [3.8, 4) is 5.75 Å². The Morgan fingerprint density at radius 1 is 1.20 bits per heavy atom. The lowest BCUT2D eigenvalue weighted by Gasteiger charge is -2.27. The van der Waals surface area contributed by atoms with Gasteiger partial charge in [-0.1, -0.05) is 23.7 Å². The number of morpholine rings is 1. The number of pyridine rings is 1. The molecule has 6 rings (SSSR count). The van der Waals surface area contributed by atoms with Crippen LogP contribution < -0.4 is 10.1 Å². The molecule has 0 unspecified atom stereocenters. The zero-order chi connectivity index (χ0) is 28.2. The van der Waals surface area contributed by atoms with Gasteiger partial charge in [-0.25, -0.2) is 9.97 Å². The van der Waals surface area contributed by atoms with Crippen molar-refractivity contribution in [3.05, 3.63) is 81.7 Å². The van der Waals surface area contributed by atoms with Gasteiger partial charge in [0.1, 0.15) is 29.3 Å². The summed E-state index contributed by atoms with van der Waals surface area (Å²) in [4.78, 5) is 32.7. The van der Waals surface area contributed by atoms with E-state index in [1.807, 2.05) is 54.3 Å². The first-order valence-corrected chi connectivity index (χ1v) is 14.9. The normalized spacial score (nSPS) is 15.8. The number of carbonyl (C=O) groups is 1. The Kier molecular flexibility index (Phi) is 8.43. The van der Waals surface area contributed by atoms with Crippen molar-refractivity contribution in [3.63, 3.8) is 0 Å². The molecule has 0 aliphatic carbocycles. The molecule has 212 valence electrons. The van der Waals surface area contributed by atoms with Crippen LogP contribution in [0.4, 0.5) is 11.5 Å². The minimum absolute atomic E-state index is 0.0425. The highest BCUT2D eigenvalue weighted by Crippen LogP contribution is 2.39. The monoisotopic (exact) mass is 590 g/mol. The number of fused-ring (bicyclic) bond motifs is 3. The number of hydrogen-bond acceptors (Lipinski definition) is 9. The zero-order valence-electron chi connectivity index (χ0n) is 22.8. The highest BCUT2D eigenvalue weighted by molar-refractivity contribution is 7.19. The van der Waals surface area contributed by atoms with Crippen LogP contribution in [0.5, 0.6) is 5.75 Å². The fourth-order valence-electron chi connectivity index (χ4n) is 5.07. The molecule has 0 radical (unpaired) electrons. The van der Waals surface area contributed by atoms with E-state index in [1.165, 1.54) is 5.56 Å². The molecule has 1 saturated heterocycles. The van der Waals surface area contributed by atoms with Gasteiger partial charge in [0.05, 0.1) is 35.9 Å². The largest absolute Gasteiger partial charge is 0.486 e. The first-order valence-electron chi connectivity index (χ1n) is 13.7. The number of ether oxygens (including phenoxy) is 2. The lowest BCUT2D eigenvalue weighted by atomic mass is 10.0. The van der Waals surface area contributed by atoms with Crippen molar-refractivity contribution in [2.24, 2.45) is 0 Å². The third kappa shape index (κ3) is 6.51. The summed E-state index contributed by atoms with van der Waals surface area (Å²) in [5.41, 5.74) is 3.79. The van der Waals surface area contributed by atoms with Gasteiger partial charge in [0.25, 0.3) is 0 Å². The fraction of sp³-hybridized carbons (Fsp3) is 0.333. The number of thiophene rings is 1. The molecule has 2 aliphatic heterocycles. The number of nitrogens with zero attached hydrogens (tertiary/aromatic N) is 5. The van der Waals surface area contributed by atoms with Crippen LogP contribution in [-0.2, 0) is 29.1 Å². The van der Waals surface area contributed by atoms with Crippen molar-refractivity contribution >= 4 is 50.6 Å². The molecule has 0 atom stereocenters. The maximum absolute atomic E-state index is 12.9. The van der Waals surface area contributed by atoms with Gasteiger partial charge in [-0.2, -0.15) is 0 Å². The van der Waals surface area contributed by atoms with Crippen molar-refractivity contribution in [2.75, 3.05) is 44.7 Å². The number of halogens is 1. The Hall–Kier alpha value is -3.57. The molecule has 11 heteroatoms. The quantitative estimate of drug-likeness (QED) is 0.282. The van der Waals surface area contributed by atoms with E-state index in [0.29, 0.717) is 30.5 Å². The van der Waals surface area contributed by atoms with Crippen molar-refractivity contribution < 1.29 is 14.3 Å². The summed E-state index contributed by atoms with van der Waals surface area (Å²) in [6, 6.07) is 11.4. The summed E-state index contributed by atoms with van der Waals surface area (Å²) in [6.07, 6.45) is 5.98. The van der Waals surface area contributed by atoms with E-state index in [1.54, 1.807) is 23.7 Å². The maximum atomic E-state index is 12.9. The average Bonchev–Trinajstić information content (AvgIpc) is 3.36. The maximum Gasteiger partial charge on any atom is 0.246 e. The summed E-state index contributed by atoms with van der Waals surface area (Å²) >= 11 is 8.18. The molecule has 1 aromatic carbocycles.